The van der Waals surface area contributed by atoms with Crippen molar-refractivity contribution in [1.82, 2.24) is 20.3 Å². The van der Waals surface area contributed by atoms with E-state index in [9.17, 15) is 31.1 Å². The van der Waals surface area contributed by atoms with Crippen molar-refractivity contribution in [3.63, 3.8) is 0 Å². The predicted octanol–water partition coefficient (Wildman–Crippen LogP) is 6.42. The van der Waals surface area contributed by atoms with Crippen molar-refractivity contribution in [1.29, 1.82) is 0 Å². The van der Waals surface area contributed by atoms with E-state index in [2.05, 4.69) is 20.3 Å². The summed E-state index contributed by atoms with van der Waals surface area (Å²) in [6.07, 6.45) is -3.69. The van der Waals surface area contributed by atoms with Crippen molar-refractivity contribution in [2.24, 2.45) is 0 Å². The zero-order valence-electron chi connectivity index (χ0n) is 20.0. The van der Waals surface area contributed by atoms with E-state index in [0.29, 0.717) is 60.8 Å². The third kappa shape index (κ3) is 5.57. The van der Waals surface area contributed by atoms with Crippen LogP contribution in [0.3, 0.4) is 0 Å². The lowest BCUT2D eigenvalue weighted by atomic mass is 9.79. The third-order valence-corrected chi connectivity index (χ3v) is 6.49. The van der Waals surface area contributed by atoms with E-state index in [-0.39, 0.29) is 6.07 Å². The van der Waals surface area contributed by atoms with Gasteiger partial charge in [0.05, 0.1) is 23.8 Å². The van der Waals surface area contributed by atoms with Gasteiger partial charge in [-0.15, -0.1) is 0 Å². The molecule has 0 unspecified atom stereocenters. The van der Waals surface area contributed by atoms with Crippen LogP contribution in [0.2, 0.25) is 0 Å². The number of nitrogens with zero attached hydrogens (tertiary/aromatic N) is 2. The summed E-state index contributed by atoms with van der Waals surface area (Å²) in [6, 6.07) is 2.60. The molecular formula is C25H24F6N4O2. The van der Waals surface area contributed by atoms with Gasteiger partial charge in [-0.1, -0.05) is 19.3 Å². The summed E-state index contributed by atoms with van der Waals surface area (Å²) in [5.74, 6) is -0.281. The molecule has 37 heavy (non-hydrogen) atoms. The second-order valence-electron chi connectivity index (χ2n) is 9.08. The molecule has 198 valence electrons. The molecule has 1 fully saturated rings. The highest BCUT2D eigenvalue weighted by Gasteiger charge is 2.40. The van der Waals surface area contributed by atoms with Gasteiger partial charge in [-0.25, -0.2) is 4.98 Å². The molecule has 3 aromatic rings. The van der Waals surface area contributed by atoms with Gasteiger partial charge in [-0.3, -0.25) is 4.79 Å². The number of halogens is 6. The lowest BCUT2D eigenvalue weighted by Gasteiger charge is -2.37. The first-order valence-electron chi connectivity index (χ1n) is 11.5. The molecule has 1 aliphatic rings. The molecule has 0 aliphatic heterocycles. The first kappa shape index (κ1) is 26.5. The zero-order chi connectivity index (χ0) is 27.0. The van der Waals surface area contributed by atoms with Crippen LogP contribution in [0.15, 0.2) is 36.7 Å². The number of aromatic amines is 1. The normalized spacial score (nSPS) is 15.9. The number of hydrogen-bond donors (Lipinski definition) is 2. The van der Waals surface area contributed by atoms with Crippen molar-refractivity contribution >= 4 is 5.91 Å². The van der Waals surface area contributed by atoms with Crippen LogP contribution in [-0.4, -0.2) is 28.0 Å². The summed E-state index contributed by atoms with van der Waals surface area (Å²) >= 11 is 0. The zero-order valence-corrected chi connectivity index (χ0v) is 20.0. The van der Waals surface area contributed by atoms with Crippen LogP contribution in [-0.2, 0) is 17.9 Å². The van der Waals surface area contributed by atoms with Gasteiger partial charge in [-0.2, -0.15) is 31.3 Å². The van der Waals surface area contributed by atoms with Gasteiger partial charge in [0.2, 0.25) is 5.88 Å². The summed E-state index contributed by atoms with van der Waals surface area (Å²) in [5.41, 5.74) is -2.94. The molecule has 4 rings (SSSR count). The monoisotopic (exact) mass is 526 g/mol. The second-order valence-corrected chi connectivity index (χ2v) is 9.08. The Kier molecular flexibility index (Phi) is 6.95. The summed E-state index contributed by atoms with van der Waals surface area (Å²) < 4.78 is 85.1. The average Bonchev–Trinajstić information content (AvgIpc) is 3.35. The number of ether oxygens (including phenoxy) is 1. The molecule has 1 aromatic carbocycles. The lowest BCUT2D eigenvalue weighted by Crippen LogP contribution is -2.47. The summed E-state index contributed by atoms with van der Waals surface area (Å²) in [7, 11) is 1.48. The van der Waals surface area contributed by atoms with Crippen molar-refractivity contribution in [2.75, 3.05) is 7.11 Å². The molecule has 2 N–H and O–H groups in total. The first-order valence-corrected chi connectivity index (χ1v) is 11.5. The van der Waals surface area contributed by atoms with Gasteiger partial charge in [0.1, 0.15) is 0 Å². The molecular weight excluding hydrogens is 502 g/mol. The molecule has 0 radical (unpaired) electrons. The Labute approximate surface area is 208 Å². The SMILES string of the molecule is COc1nc(-c2c[nH]c(C3(NC(=O)c4cc(C(F)(F)F)cc(C(F)(F)F)c4)CCCCC3)c2)ncc1C. The molecule has 0 saturated heterocycles. The van der Waals surface area contributed by atoms with Gasteiger partial charge < -0.3 is 15.0 Å². The van der Waals surface area contributed by atoms with Crippen molar-refractivity contribution < 1.29 is 35.9 Å². The Hall–Kier alpha value is -3.57. The summed E-state index contributed by atoms with van der Waals surface area (Å²) in [6.45, 7) is 1.79. The highest BCUT2D eigenvalue weighted by atomic mass is 19.4. The van der Waals surface area contributed by atoms with Crippen LogP contribution < -0.4 is 10.1 Å². The number of nitrogens with one attached hydrogen (secondary N) is 2. The number of hydrogen-bond acceptors (Lipinski definition) is 4. The smallest absolute Gasteiger partial charge is 0.416 e. The fourth-order valence-corrected chi connectivity index (χ4v) is 4.56. The number of amides is 1. The summed E-state index contributed by atoms with van der Waals surface area (Å²) in [4.78, 5) is 24.9. The van der Waals surface area contributed by atoms with E-state index in [4.69, 9.17) is 4.74 Å². The average molecular weight is 526 g/mol. The number of methoxy groups -OCH3 is 1. The maximum atomic E-state index is 13.3. The minimum absolute atomic E-state index is 0.000254. The van der Waals surface area contributed by atoms with Crippen LogP contribution >= 0.6 is 0 Å². The van der Waals surface area contributed by atoms with Crippen LogP contribution in [0, 0.1) is 6.92 Å². The standard InChI is InChI=1S/C25H24F6N4O2/c1-14-12-33-20(34-22(14)37-2)16-10-19(32-13-16)23(6-4-3-5-7-23)35-21(36)15-8-17(24(26,27)28)11-18(9-15)25(29,30)31/h8-13,32H,3-7H2,1-2H3,(H,35,36). The molecule has 0 atom stereocenters. The number of H-pyrrole nitrogens is 1. The molecule has 0 bridgehead atoms. The van der Waals surface area contributed by atoms with Crippen LogP contribution in [0.25, 0.3) is 11.4 Å². The largest absolute Gasteiger partial charge is 0.481 e. The molecule has 0 spiro atoms. The van der Waals surface area contributed by atoms with E-state index in [1.54, 1.807) is 25.4 Å². The maximum Gasteiger partial charge on any atom is 0.416 e. The number of carbonyl (C=O) groups is 1. The van der Waals surface area contributed by atoms with Gasteiger partial charge in [-0.05, 0) is 44.0 Å². The Morgan fingerprint density at radius 2 is 1.62 bits per heavy atom. The molecule has 12 heteroatoms. The molecule has 1 aliphatic carbocycles. The van der Waals surface area contributed by atoms with Crippen molar-refractivity contribution in [3.8, 4) is 17.3 Å². The van der Waals surface area contributed by atoms with Gasteiger partial charge >= 0.3 is 12.4 Å². The minimum Gasteiger partial charge on any atom is -0.481 e. The topological polar surface area (TPSA) is 79.9 Å². The lowest BCUT2D eigenvalue weighted by molar-refractivity contribution is -0.143. The quantitative estimate of drug-likeness (QED) is 0.376. The molecule has 6 nitrogen and oxygen atoms in total. The number of benzene rings is 1. The van der Waals surface area contributed by atoms with Crippen LogP contribution in [0.4, 0.5) is 26.3 Å². The van der Waals surface area contributed by atoms with E-state index < -0.39 is 40.5 Å². The number of aryl methyl sites for hydroxylation is 1. The maximum absolute atomic E-state index is 13.3. The molecule has 2 heterocycles. The minimum atomic E-state index is -5.05. The third-order valence-electron chi connectivity index (χ3n) is 6.49. The van der Waals surface area contributed by atoms with E-state index in [1.807, 2.05) is 0 Å². The van der Waals surface area contributed by atoms with Crippen molar-refractivity contribution in [2.45, 2.75) is 56.9 Å². The Balaban J connectivity index is 1.70. The van der Waals surface area contributed by atoms with Crippen molar-refractivity contribution in [3.05, 3.63) is 64.6 Å². The fraction of sp³-hybridized carbons (Fsp3) is 0.400. The van der Waals surface area contributed by atoms with Crippen LogP contribution in [0.1, 0.15) is 64.8 Å². The summed E-state index contributed by atoms with van der Waals surface area (Å²) in [5, 5.41) is 2.75. The fourth-order valence-electron chi connectivity index (χ4n) is 4.56. The molecule has 1 saturated carbocycles. The van der Waals surface area contributed by atoms with E-state index in [0.717, 1.165) is 12.0 Å². The highest BCUT2D eigenvalue weighted by molar-refractivity contribution is 5.95. The Morgan fingerprint density at radius 1 is 1.00 bits per heavy atom. The van der Waals surface area contributed by atoms with Crippen LogP contribution in [0.5, 0.6) is 5.88 Å². The van der Waals surface area contributed by atoms with Gasteiger partial charge in [0, 0.05) is 34.8 Å². The highest BCUT2D eigenvalue weighted by Crippen LogP contribution is 2.40. The predicted molar refractivity (Wildman–Crippen MR) is 122 cm³/mol. The Bertz CT molecular complexity index is 1260. The van der Waals surface area contributed by atoms with Gasteiger partial charge in [0.15, 0.2) is 5.82 Å². The first-order chi connectivity index (χ1) is 17.3. The second kappa shape index (κ2) is 9.71. The number of alkyl halides is 6. The Morgan fingerprint density at radius 3 is 2.19 bits per heavy atom. The van der Waals surface area contributed by atoms with E-state index in [1.165, 1.54) is 7.11 Å². The number of rotatable bonds is 5. The number of carbonyl (C=O) groups excluding carboxylic acids is 1. The van der Waals surface area contributed by atoms with Gasteiger partial charge in [0.25, 0.3) is 5.91 Å². The molecule has 2 aromatic heterocycles. The molecule has 1 amide bonds. The number of aromatic nitrogens is 3. The van der Waals surface area contributed by atoms with E-state index >= 15 is 0 Å².